The molecule has 0 bridgehead atoms. The van der Waals surface area contributed by atoms with Gasteiger partial charge in [-0.3, -0.25) is 5.41 Å². The van der Waals surface area contributed by atoms with E-state index in [1.54, 1.807) is 6.07 Å². The molecule has 21 heavy (non-hydrogen) atoms. The molecule has 0 saturated heterocycles. The normalized spacial score (nSPS) is 12.2. The Morgan fingerprint density at radius 3 is 2.86 bits per heavy atom. The quantitative estimate of drug-likeness (QED) is 0.657. The van der Waals surface area contributed by atoms with Gasteiger partial charge in [-0.2, -0.15) is 0 Å². The van der Waals surface area contributed by atoms with E-state index in [0.29, 0.717) is 17.9 Å². The van der Waals surface area contributed by atoms with E-state index in [2.05, 4.69) is 15.9 Å². The van der Waals surface area contributed by atoms with Crippen molar-refractivity contribution in [3.63, 3.8) is 0 Å². The number of halogens is 1. The second-order valence-electron chi connectivity index (χ2n) is 4.50. The van der Waals surface area contributed by atoms with Gasteiger partial charge in [-0.1, -0.05) is 12.1 Å². The lowest BCUT2D eigenvalue weighted by molar-refractivity contribution is 0.174. The van der Waals surface area contributed by atoms with Gasteiger partial charge in [0, 0.05) is 4.47 Å². The largest absolute Gasteiger partial charge is 0.488 e. The second-order valence-corrected chi connectivity index (χ2v) is 5.36. The summed E-state index contributed by atoms with van der Waals surface area (Å²) in [5, 5.41) is 7.63. The van der Waals surface area contributed by atoms with Gasteiger partial charge < -0.3 is 19.9 Å². The highest BCUT2D eigenvalue weighted by molar-refractivity contribution is 9.10. The zero-order valence-corrected chi connectivity index (χ0v) is 12.6. The number of amidine groups is 1. The van der Waals surface area contributed by atoms with Crippen molar-refractivity contribution < 1.29 is 14.2 Å². The maximum atomic E-state index is 7.63. The first-order chi connectivity index (χ1) is 10.1. The lowest BCUT2D eigenvalue weighted by atomic mass is 10.2. The number of nitrogens with two attached hydrogens (primary N) is 1. The first-order valence-corrected chi connectivity index (χ1v) is 7.08. The van der Waals surface area contributed by atoms with Crippen molar-refractivity contribution in [2.24, 2.45) is 5.73 Å². The molecule has 0 fully saturated rings. The fourth-order valence-electron chi connectivity index (χ4n) is 2.08. The van der Waals surface area contributed by atoms with Gasteiger partial charge in [-0.15, -0.1) is 0 Å². The van der Waals surface area contributed by atoms with Crippen LogP contribution >= 0.6 is 15.9 Å². The Bertz CT molecular complexity index is 703. The Hall–Kier alpha value is -2.21. The Balaban J connectivity index is 1.79. The van der Waals surface area contributed by atoms with Gasteiger partial charge in [0.2, 0.25) is 6.79 Å². The van der Waals surface area contributed by atoms with Crippen molar-refractivity contribution in [3.05, 3.63) is 52.0 Å². The van der Waals surface area contributed by atoms with E-state index in [4.69, 9.17) is 25.4 Å². The Kier molecular flexibility index (Phi) is 3.70. The van der Waals surface area contributed by atoms with Crippen LogP contribution in [0.15, 0.2) is 40.9 Å². The summed E-state index contributed by atoms with van der Waals surface area (Å²) in [5.41, 5.74) is 7.10. The molecule has 0 atom stereocenters. The monoisotopic (exact) mass is 348 g/mol. The van der Waals surface area contributed by atoms with Gasteiger partial charge in [0.05, 0.1) is 5.56 Å². The predicted octanol–water partition coefficient (Wildman–Crippen LogP) is 3.04. The average molecular weight is 349 g/mol. The van der Waals surface area contributed by atoms with Gasteiger partial charge in [0.1, 0.15) is 18.2 Å². The Morgan fingerprint density at radius 1 is 1.24 bits per heavy atom. The highest BCUT2D eigenvalue weighted by Crippen LogP contribution is 2.33. The third kappa shape index (κ3) is 2.80. The van der Waals surface area contributed by atoms with Crippen LogP contribution in [-0.4, -0.2) is 12.6 Å². The lowest BCUT2D eigenvalue weighted by Gasteiger charge is -2.12. The molecule has 1 heterocycles. The van der Waals surface area contributed by atoms with E-state index in [0.717, 1.165) is 21.5 Å². The second kappa shape index (κ2) is 5.65. The van der Waals surface area contributed by atoms with Crippen LogP contribution in [0.25, 0.3) is 0 Å². The van der Waals surface area contributed by atoms with E-state index < -0.39 is 0 Å². The topological polar surface area (TPSA) is 77.6 Å². The standard InChI is InChI=1S/C15H13BrN2O3/c16-10-2-1-3-12(14(10)15(17)18)19-7-9-4-5-11-13(6-9)21-8-20-11/h1-6H,7-8H2,(H3,17,18). The maximum Gasteiger partial charge on any atom is 0.231 e. The molecule has 6 heteroatoms. The zero-order valence-electron chi connectivity index (χ0n) is 11.1. The van der Waals surface area contributed by atoms with Crippen LogP contribution in [0.3, 0.4) is 0 Å². The van der Waals surface area contributed by atoms with Crippen LogP contribution in [0.5, 0.6) is 17.2 Å². The van der Waals surface area contributed by atoms with Crippen molar-refractivity contribution >= 4 is 21.8 Å². The van der Waals surface area contributed by atoms with Crippen molar-refractivity contribution in [1.82, 2.24) is 0 Å². The summed E-state index contributed by atoms with van der Waals surface area (Å²) in [6, 6.07) is 11.1. The molecular weight excluding hydrogens is 336 g/mol. The molecular formula is C15H13BrN2O3. The highest BCUT2D eigenvalue weighted by atomic mass is 79.9. The fourth-order valence-corrected chi connectivity index (χ4v) is 2.64. The molecule has 5 nitrogen and oxygen atoms in total. The summed E-state index contributed by atoms with van der Waals surface area (Å²) in [5.74, 6) is 1.99. The van der Waals surface area contributed by atoms with Crippen LogP contribution in [-0.2, 0) is 6.61 Å². The number of hydrogen-bond donors (Lipinski definition) is 2. The van der Waals surface area contributed by atoms with E-state index in [1.807, 2.05) is 30.3 Å². The molecule has 0 saturated carbocycles. The molecule has 3 rings (SSSR count). The van der Waals surface area contributed by atoms with Crippen LogP contribution in [0, 0.1) is 5.41 Å². The van der Waals surface area contributed by atoms with Crippen molar-refractivity contribution in [1.29, 1.82) is 5.41 Å². The molecule has 0 radical (unpaired) electrons. The molecule has 0 unspecified atom stereocenters. The van der Waals surface area contributed by atoms with Crippen LogP contribution in [0.4, 0.5) is 0 Å². The molecule has 0 spiro atoms. The SMILES string of the molecule is N=C(N)c1c(Br)cccc1OCc1ccc2c(c1)OCO2. The summed E-state index contributed by atoms with van der Waals surface area (Å²) in [7, 11) is 0. The zero-order chi connectivity index (χ0) is 14.8. The summed E-state index contributed by atoms with van der Waals surface area (Å²) in [6.07, 6.45) is 0. The molecule has 1 aliphatic rings. The predicted molar refractivity (Wildman–Crippen MR) is 82.1 cm³/mol. The van der Waals surface area contributed by atoms with Crippen molar-refractivity contribution in [2.75, 3.05) is 6.79 Å². The maximum absolute atomic E-state index is 7.63. The van der Waals surface area contributed by atoms with E-state index in [1.165, 1.54) is 0 Å². The number of ether oxygens (including phenoxy) is 3. The summed E-state index contributed by atoms with van der Waals surface area (Å²) < 4.78 is 17.1. The van der Waals surface area contributed by atoms with E-state index in [9.17, 15) is 0 Å². The summed E-state index contributed by atoms with van der Waals surface area (Å²) >= 11 is 3.38. The smallest absolute Gasteiger partial charge is 0.231 e. The number of benzene rings is 2. The summed E-state index contributed by atoms with van der Waals surface area (Å²) in [6.45, 7) is 0.604. The van der Waals surface area contributed by atoms with E-state index >= 15 is 0 Å². The van der Waals surface area contributed by atoms with E-state index in [-0.39, 0.29) is 12.6 Å². The number of rotatable bonds is 4. The number of nitrogens with one attached hydrogen (secondary N) is 1. The molecule has 0 aromatic heterocycles. The minimum absolute atomic E-state index is 0.0387. The third-order valence-electron chi connectivity index (χ3n) is 3.08. The molecule has 3 N–H and O–H groups in total. The molecule has 2 aromatic carbocycles. The highest BCUT2D eigenvalue weighted by Gasteiger charge is 2.14. The lowest BCUT2D eigenvalue weighted by Crippen LogP contribution is -2.14. The van der Waals surface area contributed by atoms with Gasteiger partial charge in [-0.05, 0) is 45.8 Å². The van der Waals surface area contributed by atoms with Crippen molar-refractivity contribution in [3.8, 4) is 17.2 Å². The van der Waals surface area contributed by atoms with Crippen LogP contribution in [0.1, 0.15) is 11.1 Å². The minimum Gasteiger partial charge on any atom is -0.488 e. The third-order valence-corrected chi connectivity index (χ3v) is 3.74. The van der Waals surface area contributed by atoms with Gasteiger partial charge in [0.15, 0.2) is 11.5 Å². The van der Waals surface area contributed by atoms with Crippen LogP contribution in [0.2, 0.25) is 0 Å². The molecule has 0 amide bonds. The first-order valence-electron chi connectivity index (χ1n) is 6.29. The number of nitrogen functional groups attached to an aromatic ring is 1. The van der Waals surface area contributed by atoms with Gasteiger partial charge in [-0.25, -0.2) is 0 Å². The van der Waals surface area contributed by atoms with Crippen molar-refractivity contribution in [2.45, 2.75) is 6.61 Å². The molecule has 2 aromatic rings. The van der Waals surface area contributed by atoms with Gasteiger partial charge in [0.25, 0.3) is 0 Å². The minimum atomic E-state index is -0.0387. The van der Waals surface area contributed by atoms with Gasteiger partial charge >= 0.3 is 0 Å². The summed E-state index contributed by atoms with van der Waals surface area (Å²) in [4.78, 5) is 0. The number of fused-ring (bicyclic) bond motifs is 1. The molecule has 0 aliphatic carbocycles. The van der Waals surface area contributed by atoms with Crippen LogP contribution < -0.4 is 19.9 Å². The molecule has 108 valence electrons. The first kappa shape index (κ1) is 13.8. The Labute approximate surface area is 130 Å². The fraction of sp³-hybridized carbons (Fsp3) is 0.133. The number of hydrogen-bond acceptors (Lipinski definition) is 4. The average Bonchev–Trinajstić information content (AvgIpc) is 2.92. The molecule has 1 aliphatic heterocycles. The Morgan fingerprint density at radius 2 is 2.05 bits per heavy atom.